The molecule has 0 fully saturated rings. The van der Waals surface area contributed by atoms with Gasteiger partial charge in [-0.1, -0.05) is 6.58 Å². The van der Waals surface area contributed by atoms with Crippen LogP contribution in [0.4, 0.5) is 5.69 Å². The number of nitrogens with two attached hydrogens (primary N) is 1. The van der Waals surface area contributed by atoms with Crippen molar-refractivity contribution >= 4 is 17.4 Å². The Hall–Kier alpha value is -1.16. The summed E-state index contributed by atoms with van der Waals surface area (Å²) in [4.78, 5) is 4.21. The van der Waals surface area contributed by atoms with Crippen LogP contribution in [0.2, 0.25) is 0 Å². The van der Waals surface area contributed by atoms with Gasteiger partial charge in [0, 0.05) is 24.2 Å². The Balaban J connectivity index is 2.24. The molecule has 0 atom stereocenters. The smallest absolute Gasteiger partial charge is 0.0731 e. The van der Waals surface area contributed by atoms with Crippen LogP contribution in [0.1, 0.15) is 5.69 Å². The number of rotatable bonds is 6. The molecule has 0 aliphatic carbocycles. The van der Waals surface area contributed by atoms with Crippen LogP contribution in [0.25, 0.3) is 0 Å². The molecular formula is C10H15N3S. The van der Waals surface area contributed by atoms with Gasteiger partial charge in [0.25, 0.3) is 0 Å². The minimum atomic E-state index is 0.775. The summed E-state index contributed by atoms with van der Waals surface area (Å²) in [6, 6.07) is 3.73. The number of pyridine rings is 1. The summed E-state index contributed by atoms with van der Waals surface area (Å²) in [5, 5.41) is 3.04. The maximum atomic E-state index is 5.75. The molecule has 1 aromatic rings. The molecule has 0 aliphatic rings. The molecule has 0 aliphatic heterocycles. The number of nitrogens with zero attached hydrogens (tertiary/aromatic N) is 1. The number of nitrogens with one attached hydrogen (secondary N) is 1. The zero-order valence-electron chi connectivity index (χ0n) is 8.07. The Morgan fingerprint density at radius 2 is 2.50 bits per heavy atom. The Bertz CT molecular complexity index is 288. The predicted octanol–water partition coefficient (Wildman–Crippen LogP) is 1.63. The van der Waals surface area contributed by atoms with E-state index in [2.05, 4.69) is 16.9 Å². The molecule has 0 aromatic carbocycles. The molecule has 1 heterocycles. The van der Waals surface area contributed by atoms with Crippen LogP contribution in [-0.4, -0.2) is 17.3 Å². The van der Waals surface area contributed by atoms with Crippen LogP contribution < -0.4 is 11.1 Å². The van der Waals surface area contributed by atoms with Gasteiger partial charge in [-0.3, -0.25) is 4.98 Å². The van der Waals surface area contributed by atoms with E-state index in [1.165, 1.54) is 0 Å². The van der Waals surface area contributed by atoms with E-state index in [1.54, 1.807) is 12.4 Å². The van der Waals surface area contributed by atoms with Gasteiger partial charge in [-0.15, -0.1) is 0 Å². The highest BCUT2D eigenvalue weighted by atomic mass is 32.2. The first kappa shape index (κ1) is 10.9. The molecule has 0 saturated heterocycles. The highest BCUT2D eigenvalue weighted by Gasteiger charge is 1.98. The quantitative estimate of drug-likeness (QED) is 0.699. The summed E-state index contributed by atoms with van der Waals surface area (Å²) < 4.78 is 0. The fraction of sp³-hybridized carbons (Fsp3) is 0.300. The minimum Gasteiger partial charge on any atom is -0.397 e. The maximum Gasteiger partial charge on any atom is 0.0731 e. The number of hydrogen-bond acceptors (Lipinski definition) is 4. The van der Waals surface area contributed by atoms with Gasteiger partial charge in [-0.05, 0) is 18.3 Å². The Morgan fingerprint density at radius 1 is 1.64 bits per heavy atom. The molecule has 1 aromatic heterocycles. The van der Waals surface area contributed by atoms with Gasteiger partial charge in [-0.25, -0.2) is 0 Å². The van der Waals surface area contributed by atoms with E-state index in [4.69, 9.17) is 5.73 Å². The standard InChI is InChI=1S/C10H15N3S/c1-2-12-6-7-14-8-10-9(11)4-3-5-13-10/h2-5,12H,1,6-8,11H2. The van der Waals surface area contributed by atoms with Crippen molar-refractivity contribution < 1.29 is 0 Å². The third-order valence-electron chi connectivity index (χ3n) is 1.70. The van der Waals surface area contributed by atoms with E-state index in [9.17, 15) is 0 Å². The molecule has 14 heavy (non-hydrogen) atoms. The van der Waals surface area contributed by atoms with Gasteiger partial charge in [0.15, 0.2) is 0 Å². The Labute approximate surface area is 88.8 Å². The van der Waals surface area contributed by atoms with Gasteiger partial charge in [0.2, 0.25) is 0 Å². The number of thioether (sulfide) groups is 1. The summed E-state index contributed by atoms with van der Waals surface area (Å²) in [7, 11) is 0. The summed E-state index contributed by atoms with van der Waals surface area (Å²) >= 11 is 1.81. The molecule has 0 radical (unpaired) electrons. The van der Waals surface area contributed by atoms with Crippen molar-refractivity contribution in [1.29, 1.82) is 0 Å². The lowest BCUT2D eigenvalue weighted by atomic mass is 10.3. The van der Waals surface area contributed by atoms with Crippen molar-refractivity contribution in [1.82, 2.24) is 10.3 Å². The molecule has 0 saturated carbocycles. The number of hydrogen-bond donors (Lipinski definition) is 2. The Morgan fingerprint density at radius 3 is 3.21 bits per heavy atom. The first-order chi connectivity index (χ1) is 6.84. The van der Waals surface area contributed by atoms with Crippen molar-refractivity contribution in [2.75, 3.05) is 18.0 Å². The second-order valence-electron chi connectivity index (χ2n) is 2.75. The Kier molecular flexibility index (Phi) is 4.93. The topological polar surface area (TPSA) is 50.9 Å². The maximum absolute atomic E-state index is 5.75. The van der Waals surface area contributed by atoms with Crippen LogP contribution in [0.15, 0.2) is 31.1 Å². The monoisotopic (exact) mass is 209 g/mol. The predicted molar refractivity (Wildman–Crippen MR) is 63.0 cm³/mol. The van der Waals surface area contributed by atoms with Crippen molar-refractivity contribution in [2.45, 2.75) is 5.75 Å². The summed E-state index contributed by atoms with van der Waals surface area (Å²) in [6.07, 6.45) is 3.48. The number of aromatic nitrogens is 1. The van der Waals surface area contributed by atoms with E-state index >= 15 is 0 Å². The van der Waals surface area contributed by atoms with Gasteiger partial charge in [0.05, 0.1) is 11.4 Å². The van der Waals surface area contributed by atoms with Crippen molar-refractivity contribution in [3.63, 3.8) is 0 Å². The average Bonchev–Trinajstić information content (AvgIpc) is 2.20. The van der Waals surface area contributed by atoms with Crippen LogP contribution in [0.3, 0.4) is 0 Å². The van der Waals surface area contributed by atoms with Crippen LogP contribution in [0.5, 0.6) is 0 Å². The molecule has 3 nitrogen and oxygen atoms in total. The van der Waals surface area contributed by atoms with E-state index in [0.717, 1.165) is 29.4 Å². The number of anilines is 1. The summed E-state index contributed by atoms with van der Waals surface area (Å²) in [5.41, 5.74) is 7.50. The zero-order chi connectivity index (χ0) is 10.2. The van der Waals surface area contributed by atoms with Crippen molar-refractivity contribution in [2.24, 2.45) is 0 Å². The van der Waals surface area contributed by atoms with Gasteiger partial charge in [-0.2, -0.15) is 11.8 Å². The van der Waals surface area contributed by atoms with E-state index in [-0.39, 0.29) is 0 Å². The SMILES string of the molecule is C=CNCCSCc1ncccc1N. The molecule has 0 spiro atoms. The highest BCUT2D eigenvalue weighted by Crippen LogP contribution is 2.14. The third-order valence-corrected chi connectivity index (χ3v) is 2.67. The molecule has 0 amide bonds. The van der Waals surface area contributed by atoms with E-state index in [0.29, 0.717) is 0 Å². The van der Waals surface area contributed by atoms with Gasteiger partial charge >= 0.3 is 0 Å². The highest BCUT2D eigenvalue weighted by molar-refractivity contribution is 7.98. The minimum absolute atomic E-state index is 0.775. The molecule has 4 heteroatoms. The molecule has 0 bridgehead atoms. The average molecular weight is 209 g/mol. The normalized spacial score (nSPS) is 9.71. The van der Waals surface area contributed by atoms with E-state index in [1.807, 2.05) is 23.9 Å². The molecular weight excluding hydrogens is 194 g/mol. The van der Waals surface area contributed by atoms with Crippen molar-refractivity contribution in [3.05, 3.63) is 36.8 Å². The summed E-state index contributed by atoms with van der Waals surface area (Å²) in [5.74, 6) is 1.90. The van der Waals surface area contributed by atoms with E-state index < -0.39 is 0 Å². The molecule has 0 unspecified atom stereocenters. The van der Waals surface area contributed by atoms with Gasteiger partial charge in [0.1, 0.15) is 0 Å². The first-order valence-corrected chi connectivity index (χ1v) is 5.61. The second-order valence-corrected chi connectivity index (χ2v) is 3.86. The fourth-order valence-electron chi connectivity index (χ4n) is 0.973. The lowest BCUT2D eigenvalue weighted by Crippen LogP contribution is -2.08. The van der Waals surface area contributed by atoms with Crippen LogP contribution in [-0.2, 0) is 5.75 Å². The number of nitrogen functional groups attached to an aromatic ring is 1. The second kappa shape index (κ2) is 6.32. The molecule has 76 valence electrons. The van der Waals surface area contributed by atoms with Crippen LogP contribution >= 0.6 is 11.8 Å². The molecule has 3 N–H and O–H groups in total. The lowest BCUT2D eigenvalue weighted by molar-refractivity contribution is 0.931. The molecule has 1 rings (SSSR count). The van der Waals surface area contributed by atoms with Crippen molar-refractivity contribution in [3.8, 4) is 0 Å². The lowest BCUT2D eigenvalue weighted by Gasteiger charge is -2.03. The van der Waals surface area contributed by atoms with Gasteiger partial charge < -0.3 is 11.1 Å². The summed E-state index contributed by atoms with van der Waals surface area (Å²) in [6.45, 7) is 4.51. The fourth-order valence-corrected chi connectivity index (χ4v) is 1.81. The largest absolute Gasteiger partial charge is 0.397 e. The van der Waals surface area contributed by atoms with Crippen LogP contribution in [0, 0.1) is 0 Å². The third kappa shape index (κ3) is 3.70. The first-order valence-electron chi connectivity index (χ1n) is 4.46. The zero-order valence-corrected chi connectivity index (χ0v) is 8.89.